The summed E-state index contributed by atoms with van der Waals surface area (Å²) in [7, 11) is 1.79. The van der Waals surface area contributed by atoms with Crippen LogP contribution in [0.15, 0.2) is 17.5 Å². The molecule has 2 aliphatic rings. The molecule has 2 fully saturated rings. The van der Waals surface area contributed by atoms with E-state index in [1.54, 1.807) is 23.3 Å². The van der Waals surface area contributed by atoms with Crippen LogP contribution in [0.3, 0.4) is 0 Å². The van der Waals surface area contributed by atoms with Crippen LogP contribution in [-0.2, 0) is 9.59 Å². The van der Waals surface area contributed by atoms with Gasteiger partial charge in [0.15, 0.2) is 0 Å². The molecule has 4 atom stereocenters. The molecule has 0 unspecified atom stereocenters. The zero-order valence-corrected chi connectivity index (χ0v) is 13.6. The Bertz CT molecular complexity index is 546. The Hall–Kier alpha value is -1.40. The van der Waals surface area contributed by atoms with Gasteiger partial charge in [0.05, 0.1) is 12.0 Å². The van der Waals surface area contributed by atoms with Gasteiger partial charge in [0, 0.05) is 24.4 Å². The van der Waals surface area contributed by atoms with E-state index in [9.17, 15) is 9.59 Å². The van der Waals surface area contributed by atoms with Gasteiger partial charge in [0.25, 0.3) is 0 Å². The Balaban J connectivity index is 1.74. The molecule has 120 valence electrons. The number of thiophene rings is 1. The van der Waals surface area contributed by atoms with Crippen LogP contribution in [0.5, 0.6) is 0 Å². The number of likely N-dealkylation sites (tertiary alicyclic amines) is 1. The van der Waals surface area contributed by atoms with Gasteiger partial charge in [0.1, 0.15) is 0 Å². The highest BCUT2D eigenvalue weighted by Gasteiger charge is 2.44. The number of amides is 2. The van der Waals surface area contributed by atoms with Crippen molar-refractivity contribution in [3.63, 3.8) is 0 Å². The van der Waals surface area contributed by atoms with Gasteiger partial charge in [-0.1, -0.05) is 12.5 Å². The molecule has 3 rings (SSSR count). The van der Waals surface area contributed by atoms with Crippen LogP contribution in [-0.4, -0.2) is 36.3 Å². The third-order valence-electron chi connectivity index (χ3n) is 5.05. The molecule has 22 heavy (non-hydrogen) atoms. The van der Waals surface area contributed by atoms with E-state index >= 15 is 0 Å². The summed E-state index contributed by atoms with van der Waals surface area (Å²) in [4.78, 5) is 27.6. The standard InChI is InChI=1S/C16H23N3O2S/c1-19-14(20)8-11(15(19)13-6-3-7-22-13)16(21)18-12-5-2-4-10(12)9-17/h3,6-7,10-12,15H,2,4-5,8-9,17H2,1H3,(H,18,21)/t10-,11-,12+,15+/m0/s1. The predicted molar refractivity (Wildman–Crippen MR) is 86.3 cm³/mol. The van der Waals surface area contributed by atoms with E-state index in [0.29, 0.717) is 18.9 Å². The molecule has 3 N–H and O–H groups in total. The van der Waals surface area contributed by atoms with E-state index in [4.69, 9.17) is 5.73 Å². The van der Waals surface area contributed by atoms with Crippen molar-refractivity contribution in [2.45, 2.75) is 37.8 Å². The summed E-state index contributed by atoms with van der Waals surface area (Å²) >= 11 is 1.60. The number of nitrogens with two attached hydrogens (primary N) is 1. The molecule has 5 nitrogen and oxygen atoms in total. The smallest absolute Gasteiger partial charge is 0.226 e. The molecule has 1 saturated heterocycles. The lowest BCUT2D eigenvalue weighted by Crippen LogP contribution is -2.43. The third kappa shape index (κ3) is 2.77. The molecule has 1 aromatic heterocycles. The summed E-state index contributed by atoms with van der Waals surface area (Å²) in [6.07, 6.45) is 3.49. The molecule has 0 spiro atoms. The van der Waals surface area contributed by atoms with Crippen LogP contribution >= 0.6 is 11.3 Å². The largest absolute Gasteiger partial charge is 0.353 e. The summed E-state index contributed by atoms with van der Waals surface area (Å²) in [5.41, 5.74) is 5.79. The average Bonchev–Trinajstić information content (AvgIpc) is 3.21. The first-order chi connectivity index (χ1) is 10.6. The van der Waals surface area contributed by atoms with Crippen LogP contribution in [0.1, 0.15) is 36.6 Å². The van der Waals surface area contributed by atoms with Crippen LogP contribution in [0.25, 0.3) is 0 Å². The van der Waals surface area contributed by atoms with E-state index in [0.717, 1.165) is 24.1 Å². The van der Waals surface area contributed by atoms with Crippen molar-refractivity contribution in [3.05, 3.63) is 22.4 Å². The second-order valence-electron chi connectivity index (χ2n) is 6.32. The summed E-state index contributed by atoms with van der Waals surface area (Å²) < 4.78 is 0. The minimum absolute atomic E-state index is 0.00134. The minimum atomic E-state index is -0.296. The SMILES string of the molecule is CN1C(=O)C[C@H](C(=O)N[C@@H]2CCC[C@H]2CN)[C@@H]1c1cccs1. The Morgan fingerprint density at radius 1 is 1.50 bits per heavy atom. The van der Waals surface area contributed by atoms with Crippen molar-refractivity contribution in [2.75, 3.05) is 13.6 Å². The highest BCUT2D eigenvalue weighted by atomic mass is 32.1. The summed E-state index contributed by atoms with van der Waals surface area (Å²) in [6.45, 7) is 0.614. The second-order valence-corrected chi connectivity index (χ2v) is 7.30. The van der Waals surface area contributed by atoms with Gasteiger partial charge in [0.2, 0.25) is 11.8 Å². The average molecular weight is 321 g/mol. The van der Waals surface area contributed by atoms with Gasteiger partial charge in [-0.15, -0.1) is 11.3 Å². The third-order valence-corrected chi connectivity index (χ3v) is 5.99. The molecule has 1 aliphatic heterocycles. The molecule has 2 amide bonds. The number of nitrogens with one attached hydrogen (secondary N) is 1. The van der Waals surface area contributed by atoms with Crippen molar-refractivity contribution in [1.29, 1.82) is 0 Å². The van der Waals surface area contributed by atoms with Crippen molar-refractivity contribution in [2.24, 2.45) is 17.6 Å². The van der Waals surface area contributed by atoms with E-state index in [-0.39, 0.29) is 29.8 Å². The Kier molecular flexibility index (Phi) is 4.49. The van der Waals surface area contributed by atoms with E-state index in [2.05, 4.69) is 5.32 Å². The number of hydrogen-bond donors (Lipinski definition) is 2. The molecule has 1 aromatic rings. The molecule has 0 aromatic carbocycles. The lowest BCUT2D eigenvalue weighted by atomic mass is 9.96. The lowest BCUT2D eigenvalue weighted by molar-refractivity contribution is -0.128. The fourth-order valence-corrected chi connectivity index (χ4v) is 4.69. The molecule has 1 saturated carbocycles. The zero-order valence-electron chi connectivity index (χ0n) is 12.8. The van der Waals surface area contributed by atoms with Gasteiger partial charge in [-0.05, 0) is 36.8 Å². The normalized spacial score (nSPS) is 31.7. The molecule has 2 heterocycles. The number of nitrogens with zero attached hydrogens (tertiary/aromatic N) is 1. The molecule has 6 heteroatoms. The number of carbonyl (C=O) groups is 2. The Morgan fingerprint density at radius 3 is 3.00 bits per heavy atom. The van der Waals surface area contributed by atoms with Gasteiger partial charge in [-0.25, -0.2) is 0 Å². The Labute approximate surface area is 134 Å². The van der Waals surface area contributed by atoms with Crippen LogP contribution < -0.4 is 11.1 Å². The van der Waals surface area contributed by atoms with Gasteiger partial charge in [-0.3, -0.25) is 9.59 Å². The van der Waals surface area contributed by atoms with Crippen molar-refractivity contribution in [1.82, 2.24) is 10.2 Å². The Morgan fingerprint density at radius 2 is 2.32 bits per heavy atom. The number of rotatable bonds is 4. The topological polar surface area (TPSA) is 75.4 Å². The fraction of sp³-hybridized carbons (Fsp3) is 0.625. The molecular weight excluding hydrogens is 298 g/mol. The quantitative estimate of drug-likeness (QED) is 0.882. The predicted octanol–water partition coefficient (Wildman–Crippen LogP) is 1.51. The van der Waals surface area contributed by atoms with E-state index < -0.39 is 0 Å². The second kappa shape index (κ2) is 6.38. The molecular formula is C16H23N3O2S. The van der Waals surface area contributed by atoms with Crippen LogP contribution in [0.4, 0.5) is 0 Å². The minimum Gasteiger partial charge on any atom is -0.353 e. The summed E-state index contributed by atoms with van der Waals surface area (Å²) in [6, 6.07) is 4.00. The number of carbonyl (C=O) groups excluding carboxylic acids is 2. The van der Waals surface area contributed by atoms with E-state index in [1.165, 1.54) is 0 Å². The van der Waals surface area contributed by atoms with Gasteiger partial charge in [-0.2, -0.15) is 0 Å². The maximum absolute atomic E-state index is 12.7. The fourth-order valence-electron chi connectivity index (χ4n) is 3.75. The maximum atomic E-state index is 12.7. The van der Waals surface area contributed by atoms with Crippen LogP contribution in [0, 0.1) is 11.8 Å². The summed E-state index contributed by atoms with van der Waals surface area (Å²) in [5, 5.41) is 5.15. The molecule has 0 bridgehead atoms. The number of hydrogen-bond acceptors (Lipinski definition) is 4. The highest BCUT2D eigenvalue weighted by molar-refractivity contribution is 7.10. The van der Waals surface area contributed by atoms with Crippen LogP contribution in [0.2, 0.25) is 0 Å². The first kappa shape index (κ1) is 15.5. The first-order valence-electron chi connectivity index (χ1n) is 7.91. The summed E-state index contributed by atoms with van der Waals surface area (Å²) in [5.74, 6) is 0.121. The molecule has 1 aliphatic carbocycles. The van der Waals surface area contributed by atoms with Crippen molar-refractivity contribution < 1.29 is 9.59 Å². The lowest BCUT2D eigenvalue weighted by Gasteiger charge is -2.26. The van der Waals surface area contributed by atoms with E-state index in [1.807, 2.05) is 17.5 Å². The van der Waals surface area contributed by atoms with Gasteiger partial charge >= 0.3 is 0 Å². The highest BCUT2D eigenvalue weighted by Crippen LogP contribution is 2.39. The van der Waals surface area contributed by atoms with Crippen molar-refractivity contribution >= 4 is 23.2 Å². The molecule has 0 radical (unpaired) electrons. The first-order valence-corrected chi connectivity index (χ1v) is 8.79. The monoisotopic (exact) mass is 321 g/mol. The zero-order chi connectivity index (χ0) is 15.7. The van der Waals surface area contributed by atoms with Crippen molar-refractivity contribution in [3.8, 4) is 0 Å². The maximum Gasteiger partial charge on any atom is 0.226 e. The van der Waals surface area contributed by atoms with Gasteiger partial charge < -0.3 is 16.0 Å².